The molecular formula is C26H27N3O2. The molecule has 2 fully saturated rings. The Labute approximate surface area is 182 Å². The summed E-state index contributed by atoms with van der Waals surface area (Å²) in [6.45, 7) is 3.51. The molecule has 1 saturated carbocycles. The number of nitrogens with one attached hydrogen (secondary N) is 1. The molecule has 2 heterocycles. The van der Waals surface area contributed by atoms with Crippen LogP contribution in [-0.2, 0) is 4.79 Å². The molecule has 0 atom stereocenters. The summed E-state index contributed by atoms with van der Waals surface area (Å²) in [5, 5.41) is 4.07. The van der Waals surface area contributed by atoms with Gasteiger partial charge in [-0.3, -0.25) is 9.59 Å². The zero-order valence-corrected chi connectivity index (χ0v) is 17.8. The molecule has 5 rings (SSSR count). The topological polar surface area (TPSA) is 62.3 Å². The number of rotatable bonds is 4. The van der Waals surface area contributed by atoms with Crippen molar-refractivity contribution in [1.29, 1.82) is 0 Å². The first-order valence-electron chi connectivity index (χ1n) is 11.1. The Morgan fingerprint density at radius 1 is 0.968 bits per heavy atom. The molecule has 5 nitrogen and oxygen atoms in total. The molecule has 0 bridgehead atoms. The second kappa shape index (κ2) is 8.14. The van der Waals surface area contributed by atoms with Crippen LogP contribution in [0.4, 0.5) is 0 Å². The number of nitrogens with zero attached hydrogens (tertiary/aromatic N) is 2. The fraction of sp³-hybridized carbons (Fsp3) is 0.346. The monoisotopic (exact) mass is 413 g/mol. The molecule has 2 amide bonds. The number of aryl methyl sites for hydroxylation is 1. The minimum Gasteiger partial charge on any atom is -0.349 e. The van der Waals surface area contributed by atoms with Crippen LogP contribution in [0.15, 0.2) is 54.6 Å². The average Bonchev–Trinajstić information content (AvgIpc) is 3.64. The summed E-state index contributed by atoms with van der Waals surface area (Å²) in [7, 11) is 0. The maximum atomic E-state index is 13.3. The SMILES string of the molecule is Cc1ccc(-c2cc(C(=O)NC3CCN(C(=O)C4CC4)CC3)c3ccccc3n2)cc1. The molecule has 0 unspecified atom stereocenters. The molecule has 1 aliphatic carbocycles. The van der Waals surface area contributed by atoms with Crippen molar-refractivity contribution in [3.05, 3.63) is 65.7 Å². The zero-order valence-electron chi connectivity index (χ0n) is 17.8. The second-order valence-corrected chi connectivity index (χ2v) is 8.79. The van der Waals surface area contributed by atoms with Gasteiger partial charge in [-0.05, 0) is 44.7 Å². The van der Waals surface area contributed by atoms with E-state index in [-0.39, 0.29) is 17.9 Å². The number of piperidine rings is 1. The van der Waals surface area contributed by atoms with Gasteiger partial charge in [-0.2, -0.15) is 0 Å². The molecule has 0 radical (unpaired) electrons. The van der Waals surface area contributed by atoms with E-state index in [4.69, 9.17) is 4.98 Å². The minimum atomic E-state index is -0.0704. The van der Waals surface area contributed by atoms with Crippen molar-refractivity contribution in [2.75, 3.05) is 13.1 Å². The third-order valence-corrected chi connectivity index (χ3v) is 6.38. The van der Waals surface area contributed by atoms with Crippen LogP contribution in [0, 0.1) is 12.8 Å². The number of carbonyl (C=O) groups is 2. The number of hydrogen-bond donors (Lipinski definition) is 1. The predicted molar refractivity (Wildman–Crippen MR) is 122 cm³/mol. The van der Waals surface area contributed by atoms with Gasteiger partial charge in [0.25, 0.3) is 5.91 Å². The van der Waals surface area contributed by atoms with Crippen molar-refractivity contribution in [3.8, 4) is 11.3 Å². The standard InChI is InChI=1S/C26H27N3O2/c1-17-6-8-18(9-7-17)24-16-22(21-4-2-3-5-23(21)28-24)25(30)27-20-12-14-29(15-13-20)26(31)19-10-11-19/h2-9,16,19-20H,10-15H2,1H3,(H,27,30). The Hall–Kier alpha value is -3.21. The van der Waals surface area contributed by atoms with E-state index < -0.39 is 0 Å². The number of benzene rings is 2. The predicted octanol–water partition coefficient (Wildman–Crippen LogP) is 4.34. The van der Waals surface area contributed by atoms with Crippen molar-refractivity contribution in [3.63, 3.8) is 0 Å². The summed E-state index contributed by atoms with van der Waals surface area (Å²) in [6, 6.07) is 18.0. The van der Waals surface area contributed by atoms with Crippen LogP contribution < -0.4 is 5.32 Å². The Balaban J connectivity index is 1.36. The van der Waals surface area contributed by atoms with Crippen molar-refractivity contribution in [1.82, 2.24) is 15.2 Å². The van der Waals surface area contributed by atoms with Crippen LogP contribution in [0.2, 0.25) is 0 Å². The minimum absolute atomic E-state index is 0.0704. The first kappa shape index (κ1) is 19.7. The summed E-state index contributed by atoms with van der Waals surface area (Å²) >= 11 is 0. The van der Waals surface area contributed by atoms with Crippen molar-refractivity contribution in [2.45, 2.75) is 38.6 Å². The van der Waals surface area contributed by atoms with Gasteiger partial charge in [-0.25, -0.2) is 4.98 Å². The maximum Gasteiger partial charge on any atom is 0.252 e. The molecule has 3 aromatic rings. The summed E-state index contributed by atoms with van der Waals surface area (Å²) in [4.78, 5) is 32.3. The van der Waals surface area contributed by atoms with Crippen molar-refractivity contribution >= 4 is 22.7 Å². The molecule has 1 saturated heterocycles. The van der Waals surface area contributed by atoms with Gasteiger partial charge < -0.3 is 10.2 Å². The third kappa shape index (κ3) is 4.18. The highest BCUT2D eigenvalue weighted by Gasteiger charge is 2.35. The van der Waals surface area contributed by atoms with Crippen LogP contribution in [0.1, 0.15) is 41.6 Å². The Morgan fingerprint density at radius 2 is 1.68 bits per heavy atom. The average molecular weight is 414 g/mol. The third-order valence-electron chi connectivity index (χ3n) is 6.38. The highest BCUT2D eigenvalue weighted by Crippen LogP contribution is 2.32. The molecule has 2 aromatic carbocycles. The largest absolute Gasteiger partial charge is 0.349 e. The highest BCUT2D eigenvalue weighted by atomic mass is 16.2. The van der Waals surface area contributed by atoms with Gasteiger partial charge in [0.15, 0.2) is 0 Å². The lowest BCUT2D eigenvalue weighted by atomic mass is 10.0. The molecule has 5 heteroatoms. The summed E-state index contributed by atoms with van der Waals surface area (Å²) in [6.07, 6.45) is 3.68. The van der Waals surface area contributed by atoms with E-state index in [2.05, 4.69) is 24.4 Å². The van der Waals surface area contributed by atoms with Gasteiger partial charge in [0.1, 0.15) is 0 Å². The van der Waals surface area contributed by atoms with E-state index in [1.165, 1.54) is 5.56 Å². The summed E-state index contributed by atoms with van der Waals surface area (Å²) < 4.78 is 0. The van der Waals surface area contributed by atoms with E-state index in [1.54, 1.807) is 0 Å². The van der Waals surface area contributed by atoms with Crippen LogP contribution in [0.25, 0.3) is 22.2 Å². The number of pyridine rings is 1. The first-order chi connectivity index (χ1) is 15.1. The van der Waals surface area contributed by atoms with Crippen molar-refractivity contribution in [2.24, 2.45) is 5.92 Å². The van der Waals surface area contributed by atoms with Gasteiger partial charge in [0.05, 0.1) is 16.8 Å². The molecule has 0 spiro atoms. The van der Waals surface area contributed by atoms with Gasteiger partial charge >= 0.3 is 0 Å². The van der Waals surface area contributed by atoms with E-state index in [1.807, 2.05) is 47.4 Å². The number of carbonyl (C=O) groups excluding carboxylic acids is 2. The highest BCUT2D eigenvalue weighted by molar-refractivity contribution is 6.07. The normalized spacial score (nSPS) is 17.0. The number of aromatic nitrogens is 1. The molecule has 1 aromatic heterocycles. The van der Waals surface area contributed by atoms with Crippen LogP contribution in [0.5, 0.6) is 0 Å². The lowest BCUT2D eigenvalue weighted by Gasteiger charge is -2.32. The molecule has 31 heavy (non-hydrogen) atoms. The quantitative estimate of drug-likeness (QED) is 0.692. The number of fused-ring (bicyclic) bond motifs is 1. The first-order valence-corrected chi connectivity index (χ1v) is 11.1. The van der Waals surface area contributed by atoms with E-state index in [9.17, 15) is 9.59 Å². The fourth-order valence-corrected chi connectivity index (χ4v) is 4.33. The molecule has 158 valence electrons. The van der Waals surface area contributed by atoms with E-state index in [0.717, 1.165) is 60.9 Å². The van der Waals surface area contributed by atoms with Crippen molar-refractivity contribution < 1.29 is 9.59 Å². The maximum absolute atomic E-state index is 13.3. The Morgan fingerprint density at radius 3 is 2.39 bits per heavy atom. The van der Waals surface area contributed by atoms with Crippen LogP contribution >= 0.6 is 0 Å². The Bertz CT molecular complexity index is 1130. The van der Waals surface area contributed by atoms with Gasteiger partial charge in [-0.15, -0.1) is 0 Å². The smallest absolute Gasteiger partial charge is 0.252 e. The second-order valence-electron chi connectivity index (χ2n) is 8.79. The molecule has 1 aliphatic heterocycles. The van der Waals surface area contributed by atoms with E-state index >= 15 is 0 Å². The Kier molecular flexibility index (Phi) is 5.18. The summed E-state index contributed by atoms with van der Waals surface area (Å²) in [5.74, 6) is 0.487. The number of likely N-dealkylation sites (tertiary alicyclic amines) is 1. The van der Waals surface area contributed by atoms with Gasteiger partial charge in [0, 0.05) is 36.0 Å². The van der Waals surface area contributed by atoms with Gasteiger partial charge in [-0.1, -0.05) is 48.0 Å². The zero-order chi connectivity index (χ0) is 21.4. The lowest BCUT2D eigenvalue weighted by molar-refractivity contribution is -0.133. The summed E-state index contributed by atoms with van der Waals surface area (Å²) in [5.41, 5.74) is 4.45. The van der Waals surface area contributed by atoms with E-state index in [0.29, 0.717) is 11.5 Å². The lowest BCUT2D eigenvalue weighted by Crippen LogP contribution is -2.47. The van der Waals surface area contributed by atoms with Crippen LogP contribution in [0.3, 0.4) is 0 Å². The van der Waals surface area contributed by atoms with Gasteiger partial charge in [0.2, 0.25) is 5.91 Å². The fourth-order valence-electron chi connectivity index (χ4n) is 4.33. The number of para-hydroxylation sites is 1. The number of amides is 2. The molecular weight excluding hydrogens is 386 g/mol. The number of hydrogen-bond acceptors (Lipinski definition) is 3. The van der Waals surface area contributed by atoms with Crippen LogP contribution in [-0.4, -0.2) is 40.8 Å². The molecule has 1 N–H and O–H groups in total. The molecule has 2 aliphatic rings.